The van der Waals surface area contributed by atoms with Gasteiger partial charge in [0.25, 0.3) is 5.91 Å². The number of aryl methyl sites for hydroxylation is 2. The van der Waals surface area contributed by atoms with Gasteiger partial charge in [-0.15, -0.1) is 0 Å². The van der Waals surface area contributed by atoms with Crippen LogP contribution in [0.25, 0.3) is 0 Å². The molecule has 0 unspecified atom stereocenters. The van der Waals surface area contributed by atoms with E-state index in [-0.39, 0.29) is 5.56 Å². The van der Waals surface area contributed by atoms with Crippen molar-refractivity contribution in [3.8, 4) is 0 Å². The maximum atomic E-state index is 14.0. The van der Waals surface area contributed by atoms with Crippen LogP contribution in [0.2, 0.25) is 0 Å². The Bertz CT molecular complexity index is 789. The summed E-state index contributed by atoms with van der Waals surface area (Å²) < 4.78 is 27.5. The first-order valence-corrected chi connectivity index (χ1v) is 7.91. The van der Waals surface area contributed by atoms with E-state index in [0.717, 1.165) is 23.9 Å². The van der Waals surface area contributed by atoms with E-state index >= 15 is 0 Å². The summed E-state index contributed by atoms with van der Waals surface area (Å²) in [6.45, 7) is 6.08. The topological polar surface area (TPSA) is 46.1 Å². The number of hydrogen-bond acceptors (Lipinski definition) is 3. The minimum Gasteiger partial charge on any atom is -0.326 e. The number of rotatable bonds is 2. The Morgan fingerprint density at radius 1 is 1.21 bits per heavy atom. The first-order chi connectivity index (χ1) is 11.3. The zero-order valence-corrected chi connectivity index (χ0v) is 13.9. The molecule has 1 aliphatic heterocycles. The number of carbonyl (C=O) groups is 1. The first-order valence-electron chi connectivity index (χ1n) is 7.91. The average molecular weight is 331 g/mol. The lowest BCUT2D eigenvalue weighted by molar-refractivity contribution is 0.0597. The molecule has 1 aromatic heterocycles. The molecule has 1 saturated heterocycles. The van der Waals surface area contributed by atoms with Gasteiger partial charge in [-0.2, -0.15) is 0 Å². The van der Waals surface area contributed by atoms with Crippen molar-refractivity contribution >= 4 is 5.91 Å². The number of nitrogens with zero attached hydrogens (tertiary/aromatic N) is 3. The largest absolute Gasteiger partial charge is 0.326 e. The quantitative estimate of drug-likeness (QED) is 0.846. The number of likely N-dealkylation sites (tertiary alicyclic amines) is 1. The molecule has 126 valence electrons. The standard InChI is InChI=1S/C18H19F2N3O/c1-11-10-12(2)22-17(21-11)18(3)8-5-9-23(18)16(24)13-6-4-7-14(19)15(13)20/h4,6-7,10H,5,8-9H2,1-3H3/t18-/m1/s1. The first kappa shape index (κ1) is 16.5. The van der Waals surface area contributed by atoms with E-state index in [9.17, 15) is 13.6 Å². The highest BCUT2D eigenvalue weighted by Gasteiger charge is 2.44. The van der Waals surface area contributed by atoms with Crippen molar-refractivity contribution in [1.82, 2.24) is 14.9 Å². The maximum absolute atomic E-state index is 14.0. The van der Waals surface area contributed by atoms with Crippen LogP contribution in [0.15, 0.2) is 24.3 Å². The third-order valence-electron chi connectivity index (χ3n) is 4.53. The fourth-order valence-corrected chi connectivity index (χ4v) is 3.30. The van der Waals surface area contributed by atoms with Crippen molar-refractivity contribution < 1.29 is 13.6 Å². The summed E-state index contributed by atoms with van der Waals surface area (Å²) in [6, 6.07) is 5.51. The van der Waals surface area contributed by atoms with Crippen molar-refractivity contribution in [2.75, 3.05) is 6.54 Å². The van der Waals surface area contributed by atoms with Gasteiger partial charge in [0.1, 0.15) is 5.54 Å². The molecule has 2 aromatic rings. The molecule has 3 rings (SSSR count). The van der Waals surface area contributed by atoms with Gasteiger partial charge >= 0.3 is 0 Å². The molecule has 4 nitrogen and oxygen atoms in total. The van der Waals surface area contributed by atoms with Gasteiger partial charge in [0.15, 0.2) is 17.5 Å². The number of aromatic nitrogens is 2. The van der Waals surface area contributed by atoms with E-state index in [1.807, 2.05) is 26.8 Å². The molecule has 24 heavy (non-hydrogen) atoms. The SMILES string of the molecule is Cc1cc(C)nc([C@@]2(C)CCCN2C(=O)c2cccc(F)c2F)n1. The Morgan fingerprint density at radius 2 is 1.88 bits per heavy atom. The lowest BCUT2D eigenvalue weighted by Crippen LogP contribution is -2.44. The Morgan fingerprint density at radius 3 is 2.54 bits per heavy atom. The van der Waals surface area contributed by atoms with Gasteiger partial charge in [-0.05, 0) is 51.8 Å². The van der Waals surface area contributed by atoms with Crippen LogP contribution in [0.4, 0.5) is 8.78 Å². The molecule has 6 heteroatoms. The predicted molar refractivity (Wildman–Crippen MR) is 85.5 cm³/mol. The van der Waals surface area contributed by atoms with Crippen LogP contribution in [-0.2, 0) is 5.54 Å². The van der Waals surface area contributed by atoms with E-state index in [1.165, 1.54) is 12.1 Å². The highest BCUT2D eigenvalue weighted by molar-refractivity contribution is 5.95. The molecular formula is C18H19F2N3O. The second kappa shape index (κ2) is 5.92. The third kappa shape index (κ3) is 2.66. The van der Waals surface area contributed by atoms with Gasteiger partial charge in [0.05, 0.1) is 5.56 Å². The molecule has 0 aliphatic carbocycles. The molecule has 2 heterocycles. The van der Waals surface area contributed by atoms with Crippen molar-refractivity contribution in [3.05, 3.63) is 58.7 Å². The second-order valence-corrected chi connectivity index (χ2v) is 6.41. The van der Waals surface area contributed by atoms with Crippen molar-refractivity contribution in [1.29, 1.82) is 0 Å². The maximum Gasteiger partial charge on any atom is 0.257 e. The van der Waals surface area contributed by atoms with Crippen LogP contribution in [0.1, 0.15) is 47.3 Å². The summed E-state index contributed by atoms with van der Waals surface area (Å²) in [6.07, 6.45) is 1.44. The average Bonchev–Trinajstić information content (AvgIpc) is 2.92. The number of amides is 1. The van der Waals surface area contributed by atoms with E-state index in [0.29, 0.717) is 18.8 Å². The molecule has 0 spiro atoms. The molecule has 1 fully saturated rings. The monoisotopic (exact) mass is 331 g/mol. The third-order valence-corrected chi connectivity index (χ3v) is 4.53. The zero-order valence-electron chi connectivity index (χ0n) is 13.9. The minimum absolute atomic E-state index is 0.257. The van der Waals surface area contributed by atoms with Crippen LogP contribution >= 0.6 is 0 Å². The number of halogens is 2. The van der Waals surface area contributed by atoms with Gasteiger partial charge in [0.2, 0.25) is 0 Å². The smallest absolute Gasteiger partial charge is 0.257 e. The van der Waals surface area contributed by atoms with Gasteiger partial charge in [0, 0.05) is 17.9 Å². The van der Waals surface area contributed by atoms with Crippen molar-refractivity contribution in [3.63, 3.8) is 0 Å². The Labute approximate surface area is 139 Å². The van der Waals surface area contributed by atoms with Gasteiger partial charge in [-0.25, -0.2) is 18.7 Å². The second-order valence-electron chi connectivity index (χ2n) is 6.41. The van der Waals surface area contributed by atoms with E-state index < -0.39 is 23.1 Å². The highest BCUT2D eigenvalue weighted by Crippen LogP contribution is 2.38. The van der Waals surface area contributed by atoms with Crippen LogP contribution in [0, 0.1) is 25.5 Å². The molecule has 0 radical (unpaired) electrons. The van der Waals surface area contributed by atoms with E-state index in [4.69, 9.17) is 0 Å². The minimum atomic E-state index is -1.11. The van der Waals surface area contributed by atoms with E-state index in [1.54, 1.807) is 4.90 Å². The van der Waals surface area contributed by atoms with Gasteiger partial charge in [-0.3, -0.25) is 4.79 Å². The Hall–Kier alpha value is -2.37. The number of benzene rings is 1. The molecule has 1 amide bonds. The molecule has 0 saturated carbocycles. The highest BCUT2D eigenvalue weighted by atomic mass is 19.2. The summed E-state index contributed by atoms with van der Waals surface area (Å²) in [7, 11) is 0. The summed E-state index contributed by atoms with van der Waals surface area (Å²) in [5.41, 5.74) is 0.643. The summed E-state index contributed by atoms with van der Waals surface area (Å²) in [5, 5.41) is 0. The molecule has 0 bridgehead atoms. The molecule has 1 atom stereocenters. The fraction of sp³-hybridized carbons (Fsp3) is 0.389. The number of hydrogen-bond donors (Lipinski definition) is 0. The zero-order chi connectivity index (χ0) is 17.5. The van der Waals surface area contributed by atoms with Crippen LogP contribution in [-0.4, -0.2) is 27.3 Å². The molecule has 1 aliphatic rings. The molecular weight excluding hydrogens is 312 g/mol. The predicted octanol–water partition coefficient (Wildman–Crippen LogP) is 3.52. The lowest BCUT2D eigenvalue weighted by atomic mass is 9.96. The fourth-order valence-electron chi connectivity index (χ4n) is 3.30. The lowest BCUT2D eigenvalue weighted by Gasteiger charge is -2.34. The van der Waals surface area contributed by atoms with Crippen molar-refractivity contribution in [2.24, 2.45) is 0 Å². The Kier molecular flexibility index (Phi) is 4.07. The molecule has 0 N–H and O–H groups in total. The van der Waals surface area contributed by atoms with Crippen LogP contribution in [0.3, 0.4) is 0 Å². The summed E-state index contributed by atoms with van der Waals surface area (Å²) in [4.78, 5) is 23.4. The summed E-state index contributed by atoms with van der Waals surface area (Å²) in [5.74, 6) is -2.13. The van der Waals surface area contributed by atoms with Crippen LogP contribution in [0.5, 0.6) is 0 Å². The normalized spacial score (nSPS) is 20.5. The van der Waals surface area contributed by atoms with Gasteiger partial charge in [-0.1, -0.05) is 6.07 Å². The number of carbonyl (C=O) groups excluding carboxylic acids is 1. The van der Waals surface area contributed by atoms with Gasteiger partial charge < -0.3 is 4.90 Å². The van der Waals surface area contributed by atoms with Crippen molar-refractivity contribution in [2.45, 2.75) is 39.2 Å². The molecule has 1 aromatic carbocycles. The van der Waals surface area contributed by atoms with Crippen LogP contribution < -0.4 is 0 Å². The summed E-state index contributed by atoms with van der Waals surface area (Å²) >= 11 is 0. The van der Waals surface area contributed by atoms with E-state index in [2.05, 4.69) is 9.97 Å². The Balaban J connectivity index is 2.03.